The fourth-order valence-corrected chi connectivity index (χ4v) is 2.99. The Labute approximate surface area is 109 Å². The van der Waals surface area contributed by atoms with Crippen LogP contribution in [0.5, 0.6) is 0 Å². The van der Waals surface area contributed by atoms with E-state index < -0.39 is 0 Å². The van der Waals surface area contributed by atoms with Gasteiger partial charge < -0.3 is 0 Å². The van der Waals surface area contributed by atoms with Gasteiger partial charge in [-0.1, -0.05) is 30.3 Å². The van der Waals surface area contributed by atoms with Crippen LogP contribution in [0.3, 0.4) is 0 Å². The summed E-state index contributed by atoms with van der Waals surface area (Å²) in [6.07, 6.45) is 2.42. The molecule has 1 fully saturated rings. The van der Waals surface area contributed by atoms with Crippen molar-refractivity contribution in [1.82, 2.24) is 15.1 Å². The Kier molecular flexibility index (Phi) is 3.46. The second-order valence-electron chi connectivity index (χ2n) is 5.11. The average molecular weight is 243 g/mol. The first-order chi connectivity index (χ1) is 8.88. The van der Waals surface area contributed by atoms with Crippen LogP contribution >= 0.6 is 0 Å². The number of fused-ring (bicyclic) bond motifs is 1. The van der Waals surface area contributed by atoms with Crippen LogP contribution in [0.2, 0.25) is 0 Å². The van der Waals surface area contributed by atoms with Gasteiger partial charge in [0.05, 0.1) is 6.17 Å². The molecule has 1 aromatic rings. The summed E-state index contributed by atoms with van der Waals surface area (Å²) in [5.41, 5.74) is 2.92. The van der Waals surface area contributed by atoms with Crippen molar-refractivity contribution in [3.63, 3.8) is 0 Å². The van der Waals surface area contributed by atoms with Crippen molar-refractivity contribution in [1.29, 1.82) is 0 Å². The van der Waals surface area contributed by atoms with Gasteiger partial charge in [0.25, 0.3) is 0 Å². The molecule has 0 aliphatic carbocycles. The van der Waals surface area contributed by atoms with Gasteiger partial charge in [0.2, 0.25) is 0 Å². The van der Waals surface area contributed by atoms with E-state index in [1.165, 1.54) is 11.1 Å². The number of hydrogen-bond donors (Lipinski definition) is 1. The molecule has 0 aromatic heterocycles. The Morgan fingerprint density at radius 3 is 2.78 bits per heavy atom. The molecule has 2 aliphatic heterocycles. The van der Waals surface area contributed by atoms with Crippen molar-refractivity contribution in [2.45, 2.75) is 12.7 Å². The van der Waals surface area contributed by atoms with Crippen molar-refractivity contribution in [3.05, 3.63) is 48.0 Å². The summed E-state index contributed by atoms with van der Waals surface area (Å²) in [5.74, 6) is 0. The molecular weight excluding hydrogens is 222 g/mol. The largest absolute Gasteiger partial charge is 0.297 e. The van der Waals surface area contributed by atoms with Gasteiger partial charge in [0.1, 0.15) is 0 Å². The zero-order valence-electron chi connectivity index (χ0n) is 10.8. The zero-order chi connectivity index (χ0) is 12.4. The van der Waals surface area contributed by atoms with Crippen molar-refractivity contribution < 1.29 is 0 Å². The highest BCUT2D eigenvalue weighted by molar-refractivity contribution is 5.33. The Morgan fingerprint density at radius 2 is 2.00 bits per heavy atom. The lowest BCUT2D eigenvalue weighted by Crippen LogP contribution is -2.49. The van der Waals surface area contributed by atoms with Crippen molar-refractivity contribution >= 4 is 0 Å². The van der Waals surface area contributed by atoms with Crippen LogP contribution in [0.25, 0.3) is 0 Å². The van der Waals surface area contributed by atoms with Crippen LogP contribution in [0.1, 0.15) is 17.3 Å². The molecule has 1 N–H and O–H groups in total. The summed E-state index contributed by atoms with van der Waals surface area (Å²) in [6.45, 7) is 10.4. The molecule has 2 heterocycles. The summed E-state index contributed by atoms with van der Waals surface area (Å²) >= 11 is 0. The minimum atomic E-state index is 0.423. The van der Waals surface area contributed by atoms with Crippen molar-refractivity contribution in [2.24, 2.45) is 0 Å². The van der Waals surface area contributed by atoms with Gasteiger partial charge in [-0.15, -0.1) is 6.58 Å². The molecule has 0 spiro atoms. The third-order valence-electron chi connectivity index (χ3n) is 3.99. The lowest BCUT2D eigenvalue weighted by Gasteiger charge is -2.37. The second kappa shape index (κ2) is 5.22. The Morgan fingerprint density at radius 1 is 1.22 bits per heavy atom. The first-order valence-electron chi connectivity index (χ1n) is 6.77. The molecule has 18 heavy (non-hydrogen) atoms. The van der Waals surface area contributed by atoms with Gasteiger partial charge in [0.15, 0.2) is 0 Å². The number of nitrogens with zero attached hydrogens (tertiary/aromatic N) is 2. The summed E-state index contributed by atoms with van der Waals surface area (Å²) < 4.78 is 0. The average Bonchev–Trinajstić information content (AvgIpc) is 2.84. The summed E-state index contributed by atoms with van der Waals surface area (Å²) in [4.78, 5) is 5.02. The van der Waals surface area contributed by atoms with Crippen LogP contribution in [0.4, 0.5) is 0 Å². The van der Waals surface area contributed by atoms with E-state index >= 15 is 0 Å². The molecule has 96 valence electrons. The van der Waals surface area contributed by atoms with Crippen molar-refractivity contribution in [3.8, 4) is 0 Å². The smallest absolute Gasteiger partial charge is 0.0867 e. The molecular formula is C15H21N3. The van der Waals surface area contributed by atoms with E-state index in [2.05, 4.69) is 46.0 Å². The lowest BCUT2D eigenvalue weighted by molar-refractivity contribution is 0.0919. The van der Waals surface area contributed by atoms with E-state index in [1.54, 1.807) is 0 Å². The maximum Gasteiger partial charge on any atom is 0.0867 e. The SMILES string of the molecule is C=CCN1CCN(C2NCc3ccccc32)CC1. The Balaban J connectivity index is 1.66. The summed E-state index contributed by atoms with van der Waals surface area (Å²) in [7, 11) is 0. The minimum absolute atomic E-state index is 0.423. The predicted octanol–water partition coefficient (Wildman–Crippen LogP) is 1.59. The number of piperazine rings is 1. The highest BCUT2D eigenvalue weighted by atomic mass is 15.3. The minimum Gasteiger partial charge on any atom is -0.297 e. The molecule has 0 radical (unpaired) electrons. The van der Waals surface area contributed by atoms with E-state index in [0.717, 1.165) is 39.3 Å². The van der Waals surface area contributed by atoms with E-state index in [9.17, 15) is 0 Å². The third-order valence-corrected chi connectivity index (χ3v) is 3.99. The standard InChI is InChI=1S/C15H21N3/c1-2-7-17-8-10-18(11-9-17)15-14-6-4-3-5-13(14)12-16-15/h2-6,15-16H,1,7-12H2. The van der Waals surface area contributed by atoms with Crippen LogP contribution in [-0.4, -0.2) is 42.5 Å². The van der Waals surface area contributed by atoms with Gasteiger partial charge >= 0.3 is 0 Å². The lowest BCUT2D eigenvalue weighted by atomic mass is 10.1. The topological polar surface area (TPSA) is 18.5 Å². The molecule has 0 amide bonds. The van der Waals surface area contributed by atoms with E-state index in [-0.39, 0.29) is 0 Å². The second-order valence-corrected chi connectivity index (χ2v) is 5.11. The maximum absolute atomic E-state index is 3.81. The molecule has 0 bridgehead atoms. The summed E-state index contributed by atoms with van der Waals surface area (Å²) in [5, 5.41) is 3.63. The van der Waals surface area contributed by atoms with Gasteiger partial charge in [-0.25, -0.2) is 0 Å². The number of rotatable bonds is 3. The summed E-state index contributed by atoms with van der Waals surface area (Å²) in [6, 6.07) is 8.77. The molecule has 1 atom stereocenters. The normalized spacial score (nSPS) is 25.0. The Hall–Kier alpha value is -1.16. The number of hydrogen-bond acceptors (Lipinski definition) is 3. The van der Waals surface area contributed by atoms with Gasteiger partial charge in [-0.2, -0.15) is 0 Å². The monoisotopic (exact) mass is 243 g/mol. The van der Waals surface area contributed by atoms with E-state index in [0.29, 0.717) is 6.17 Å². The molecule has 3 rings (SSSR count). The van der Waals surface area contributed by atoms with Crippen LogP contribution < -0.4 is 5.32 Å². The first-order valence-corrected chi connectivity index (χ1v) is 6.77. The molecule has 3 heteroatoms. The van der Waals surface area contributed by atoms with Gasteiger partial charge in [0, 0.05) is 39.3 Å². The highest BCUT2D eigenvalue weighted by Gasteiger charge is 2.29. The highest BCUT2D eigenvalue weighted by Crippen LogP contribution is 2.28. The molecule has 0 saturated carbocycles. The van der Waals surface area contributed by atoms with Crippen molar-refractivity contribution in [2.75, 3.05) is 32.7 Å². The fourth-order valence-electron chi connectivity index (χ4n) is 2.99. The molecule has 1 saturated heterocycles. The molecule has 1 aromatic carbocycles. The number of benzene rings is 1. The van der Waals surface area contributed by atoms with Gasteiger partial charge in [-0.05, 0) is 11.1 Å². The van der Waals surface area contributed by atoms with E-state index in [4.69, 9.17) is 0 Å². The Bertz CT molecular complexity index is 422. The van der Waals surface area contributed by atoms with Crippen LogP contribution in [0, 0.1) is 0 Å². The fraction of sp³-hybridized carbons (Fsp3) is 0.467. The van der Waals surface area contributed by atoms with Crippen LogP contribution in [-0.2, 0) is 6.54 Å². The van der Waals surface area contributed by atoms with Gasteiger partial charge in [-0.3, -0.25) is 15.1 Å². The maximum atomic E-state index is 3.81. The molecule has 3 nitrogen and oxygen atoms in total. The predicted molar refractivity (Wildman–Crippen MR) is 74.2 cm³/mol. The first kappa shape index (κ1) is 11.9. The molecule has 2 aliphatic rings. The quantitative estimate of drug-likeness (QED) is 0.813. The van der Waals surface area contributed by atoms with Crippen LogP contribution in [0.15, 0.2) is 36.9 Å². The van der Waals surface area contributed by atoms with E-state index in [1.807, 2.05) is 6.08 Å². The third kappa shape index (κ3) is 2.21. The zero-order valence-corrected chi connectivity index (χ0v) is 10.8. The molecule has 1 unspecified atom stereocenters. The number of nitrogens with one attached hydrogen (secondary N) is 1.